The molecular formula is C52H76N2O7. The van der Waals surface area contributed by atoms with Crippen LogP contribution in [0.25, 0.3) is 0 Å². The Hall–Kier alpha value is -3.92. The Kier molecular flexibility index (Phi) is 20.4. The van der Waals surface area contributed by atoms with Gasteiger partial charge >= 0.3 is 0 Å². The summed E-state index contributed by atoms with van der Waals surface area (Å²) >= 11 is 0. The molecule has 2 aromatic carbocycles. The zero-order chi connectivity index (χ0) is 43.3. The summed E-state index contributed by atoms with van der Waals surface area (Å²) in [5.41, 5.74) is 3.92. The minimum absolute atomic E-state index is 0.100. The van der Waals surface area contributed by atoms with E-state index < -0.39 is 11.8 Å². The fourth-order valence-corrected chi connectivity index (χ4v) is 10.1. The third-order valence-corrected chi connectivity index (χ3v) is 12.9. The quantitative estimate of drug-likeness (QED) is 0.0458. The highest BCUT2D eigenvalue weighted by Gasteiger charge is 2.65. The van der Waals surface area contributed by atoms with Crippen molar-refractivity contribution < 1.29 is 34.1 Å². The lowest BCUT2D eigenvalue weighted by atomic mass is 9.55. The Labute approximate surface area is 367 Å². The number of hydrogen-bond donors (Lipinski definition) is 2. The van der Waals surface area contributed by atoms with E-state index in [0.717, 1.165) is 91.7 Å². The third-order valence-electron chi connectivity index (χ3n) is 12.9. The first-order valence-corrected chi connectivity index (χ1v) is 23.7. The molecule has 0 radical (unpaired) electrons. The first-order chi connectivity index (χ1) is 30.0. The van der Waals surface area contributed by atoms with Gasteiger partial charge in [0.2, 0.25) is 11.7 Å². The summed E-state index contributed by atoms with van der Waals surface area (Å²) in [6.07, 6.45) is 23.2. The molecule has 1 aliphatic heterocycles. The molecule has 2 N–H and O–H groups in total. The van der Waals surface area contributed by atoms with Gasteiger partial charge in [0.15, 0.2) is 0 Å². The maximum absolute atomic E-state index is 14.8. The largest absolute Gasteiger partial charge is 0.490 e. The van der Waals surface area contributed by atoms with Gasteiger partial charge in [-0.15, -0.1) is 6.58 Å². The molecule has 6 atom stereocenters. The van der Waals surface area contributed by atoms with Crippen molar-refractivity contribution in [3.8, 4) is 11.5 Å². The number of aliphatic hydroxyl groups is 2. The molecule has 2 aromatic rings. The topological polar surface area (TPSA) is 110 Å². The molecule has 1 amide bonds. The summed E-state index contributed by atoms with van der Waals surface area (Å²) in [6.45, 7) is 14.1. The summed E-state index contributed by atoms with van der Waals surface area (Å²) in [7, 11) is 0. The fraction of sp³-hybridized carbons (Fsp3) is 0.615. The number of rotatable bonds is 30. The second-order valence-corrected chi connectivity index (χ2v) is 17.3. The highest BCUT2D eigenvalue weighted by molar-refractivity contribution is 6.03. The molecule has 0 bridgehead atoms. The first-order valence-electron chi connectivity index (χ1n) is 23.7. The normalized spacial score (nSPS) is 23.3. The Bertz CT molecular complexity index is 1690. The van der Waals surface area contributed by atoms with Gasteiger partial charge in [0.05, 0.1) is 18.2 Å². The van der Waals surface area contributed by atoms with E-state index in [9.17, 15) is 15.0 Å². The smallest absolute Gasteiger partial charge is 0.239 e. The van der Waals surface area contributed by atoms with Crippen molar-refractivity contribution in [2.75, 3.05) is 33.0 Å². The Morgan fingerprint density at radius 3 is 2.26 bits per heavy atom. The summed E-state index contributed by atoms with van der Waals surface area (Å²) in [5, 5.41) is 24.8. The van der Waals surface area contributed by atoms with Gasteiger partial charge in [-0.25, -0.2) is 0 Å². The lowest BCUT2D eigenvalue weighted by Gasteiger charge is -2.60. The molecule has 1 heterocycles. The van der Waals surface area contributed by atoms with E-state index in [2.05, 4.69) is 44.0 Å². The third kappa shape index (κ3) is 12.8. The van der Waals surface area contributed by atoms with Crippen LogP contribution >= 0.6 is 0 Å². The molecule has 0 spiro atoms. The number of unbranched alkanes of at least 4 members (excludes halogenated alkanes) is 10. The molecule has 3 aliphatic rings. The average Bonchev–Trinajstić information content (AvgIpc) is 3.28. The van der Waals surface area contributed by atoms with Crippen LogP contribution in [0.1, 0.15) is 146 Å². The van der Waals surface area contributed by atoms with Crippen LogP contribution < -0.4 is 9.47 Å². The Morgan fingerprint density at radius 1 is 0.869 bits per heavy atom. The highest BCUT2D eigenvalue weighted by atomic mass is 16.7. The molecule has 0 unspecified atom stereocenters. The Morgan fingerprint density at radius 2 is 1.57 bits per heavy atom. The van der Waals surface area contributed by atoms with Crippen LogP contribution in [-0.4, -0.2) is 71.5 Å². The summed E-state index contributed by atoms with van der Waals surface area (Å²) in [6, 6.07) is 15.6. The van der Waals surface area contributed by atoms with Crippen molar-refractivity contribution in [1.29, 1.82) is 0 Å². The molecule has 2 aliphatic carbocycles. The summed E-state index contributed by atoms with van der Waals surface area (Å²) in [4.78, 5) is 23.1. The predicted molar refractivity (Wildman–Crippen MR) is 246 cm³/mol. The predicted octanol–water partition coefficient (Wildman–Crippen LogP) is 11.2. The van der Waals surface area contributed by atoms with Crippen LogP contribution in [0.15, 0.2) is 90.6 Å². The van der Waals surface area contributed by atoms with Gasteiger partial charge in [-0.05, 0) is 79.7 Å². The zero-order valence-electron chi connectivity index (χ0n) is 37.5. The number of aliphatic hydroxyl groups excluding tert-OH is 2. The summed E-state index contributed by atoms with van der Waals surface area (Å²) < 4.78 is 20.7. The van der Waals surface area contributed by atoms with Crippen molar-refractivity contribution >= 4 is 11.6 Å². The van der Waals surface area contributed by atoms with Crippen molar-refractivity contribution in [1.82, 2.24) is 4.90 Å². The van der Waals surface area contributed by atoms with Gasteiger partial charge in [-0.3, -0.25) is 4.79 Å². The zero-order valence-corrected chi connectivity index (χ0v) is 37.5. The van der Waals surface area contributed by atoms with Crippen LogP contribution in [0.4, 0.5) is 0 Å². The number of carbonyl (C=O) groups excluding carboxylic acids is 1. The van der Waals surface area contributed by atoms with E-state index in [4.69, 9.17) is 24.2 Å². The highest BCUT2D eigenvalue weighted by Crippen LogP contribution is 2.62. The van der Waals surface area contributed by atoms with Gasteiger partial charge in [0, 0.05) is 44.1 Å². The number of fused-ring (bicyclic) bond motifs is 2. The molecule has 1 saturated carbocycles. The van der Waals surface area contributed by atoms with Crippen molar-refractivity contribution in [3.05, 3.63) is 96.6 Å². The maximum Gasteiger partial charge on any atom is 0.239 e. The van der Waals surface area contributed by atoms with E-state index in [1.807, 2.05) is 42.5 Å². The van der Waals surface area contributed by atoms with Crippen LogP contribution in [0.2, 0.25) is 0 Å². The molecule has 9 heteroatoms. The number of allylic oxidation sites excluding steroid dienone is 1. The molecule has 336 valence electrons. The number of amides is 1. The van der Waals surface area contributed by atoms with Crippen LogP contribution in [0, 0.1) is 17.8 Å². The van der Waals surface area contributed by atoms with E-state index in [1.54, 1.807) is 12.2 Å². The van der Waals surface area contributed by atoms with Crippen LogP contribution in [0.3, 0.4) is 0 Å². The van der Waals surface area contributed by atoms with Gasteiger partial charge in [-0.1, -0.05) is 138 Å². The summed E-state index contributed by atoms with van der Waals surface area (Å²) in [5.74, 6) is 0.173. The van der Waals surface area contributed by atoms with E-state index in [1.165, 1.54) is 38.5 Å². The fourth-order valence-electron chi connectivity index (χ4n) is 10.1. The van der Waals surface area contributed by atoms with E-state index >= 15 is 0 Å². The molecule has 1 fully saturated rings. The average molecular weight is 841 g/mol. The standard InChI is InChI=1S/C52H76N2O7/c1-5-9-10-11-12-13-14-15-19-28-49(57)54(31-6-2)48-38-46(53-60-39-40-24-17-16-18-25-40)44-36-41(26-20-22-32-55)43(27-21-23-33-56)50-45-37-42(58-34-7-3)29-30-47(45)61-52(48,51(44)50)59-35-8-4/h7-8,16-18,24-25,29-30,36-37,41,43,48,50-51,55-56H,3-6,9-15,19-23,26-28,31-35,38-39H2,1-2H3/t41-,43+,48-,50+,51+,52+/m0/s1. The number of nitrogens with zero attached hydrogens (tertiary/aromatic N) is 2. The molecule has 61 heavy (non-hydrogen) atoms. The lowest BCUT2D eigenvalue weighted by Crippen LogP contribution is -2.70. The molecular weight excluding hydrogens is 765 g/mol. The van der Waals surface area contributed by atoms with Crippen molar-refractivity contribution in [2.24, 2.45) is 22.9 Å². The minimum atomic E-state index is -1.26. The van der Waals surface area contributed by atoms with Gasteiger partial charge in [-0.2, -0.15) is 0 Å². The maximum atomic E-state index is 14.8. The lowest BCUT2D eigenvalue weighted by molar-refractivity contribution is -0.257. The SMILES string of the molecule is C=CCOc1ccc2c(c1)[C@H]1[C@H](CCCCO)[C@@H](CCCCO)C=C3C(=NOCc4ccccc4)C[C@H](N(CCC)C(=O)CCCCCCCCCCC)[C@@](OCC=C)(O2)[C@H]31. The van der Waals surface area contributed by atoms with Crippen molar-refractivity contribution in [2.45, 2.75) is 154 Å². The van der Waals surface area contributed by atoms with Crippen LogP contribution in [-0.2, 0) is 21.0 Å². The number of hydrogen-bond acceptors (Lipinski definition) is 8. The second kappa shape index (κ2) is 25.9. The van der Waals surface area contributed by atoms with Crippen LogP contribution in [0.5, 0.6) is 11.5 Å². The number of oxime groups is 1. The van der Waals surface area contributed by atoms with E-state index in [0.29, 0.717) is 39.0 Å². The second-order valence-electron chi connectivity index (χ2n) is 17.3. The number of ether oxygens (including phenoxy) is 3. The number of carbonyl (C=O) groups is 1. The minimum Gasteiger partial charge on any atom is -0.490 e. The number of benzene rings is 2. The molecule has 5 rings (SSSR count). The van der Waals surface area contributed by atoms with Gasteiger partial charge < -0.3 is 34.2 Å². The molecule has 0 saturated heterocycles. The van der Waals surface area contributed by atoms with Gasteiger partial charge in [0.25, 0.3) is 0 Å². The van der Waals surface area contributed by atoms with E-state index in [-0.39, 0.29) is 49.4 Å². The van der Waals surface area contributed by atoms with Crippen molar-refractivity contribution in [3.63, 3.8) is 0 Å². The molecule has 0 aromatic heterocycles. The first kappa shape index (κ1) is 48.1. The molecule has 9 nitrogen and oxygen atoms in total. The monoisotopic (exact) mass is 841 g/mol. The van der Waals surface area contributed by atoms with Gasteiger partial charge in [0.1, 0.15) is 30.8 Å². The Balaban J connectivity index is 1.63.